The monoisotopic (exact) mass is 293 g/mol. The Balaban J connectivity index is 1.72. The van der Waals surface area contributed by atoms with Crippen molar-refractivity contribution in [2.24, 2.45) is 5.92 Å². The first-order valence-corrected chi connectivity index (χ1v) is 7.77. The lowest BCUT2D eigenvalue weighted by Gasteiger charge is -2.18. The molecule has 1 N–H and O–H groups in total. The summed E-state index contributed by atoms with van der Waals surface area (Å²) in [5.74, 6) is 2.52. The molecular formula is C17H27NO3. The Morgan fingerprint density at radius 1 is 1.24 bits per heavy atom. The SMILES string of the molecule is COc1ccc(C(C)NCCCOCC2CC2)c(OC)c1. The first-order valence-electron chi connectivity index (χ1n) is 7.77. The number of benzene rings is 1. The minimum atomic E-state index is 0.245. The standard InChI is InChI=1S/C17H27NO3/c1-13(18-9-4-10-21-12-14-5-6-14)16-8-7-15(19-2)11-17(16)20-3/h7-8,11,13-14,18H,4-6,9-10,12H2,1-3H3. The molecule has 21 heavy (non-hydrogen) atoms. The van der Waals surface area contributed by atoms with Gasteiger partial charge in [-0.1, -0.05) is 6.07 Å². The molecule has 0 heterocycles. The van der Waals surface area contributed by atoms with Gasteiger partial charge in [-0.15, -0.1) is 0 Å². The van der Waals surface area contributed by atoms with Crippen molar-refractivity contribution in [1.82, 2.24) is 5.32 Å². The van der Waals surface area contributed by atoms with Crippen LogP contribution < -0.4 is 14.8 Å². The number of nitrogens with one attached hydrogen (secondary N) is 1. The van der Waals surface area contributed by atoms with E-state index >= 15 is 0 Å². The molecule has 1 unspecified atom stereocenters. The van der Waals surface area contributed by atoms with Gasteiger partial charge >= 0.3 is 0 Å². The Hall–Kier alpha value is -1.26. The summed E-state index contributed by atoms with van der Waals surface area (Å²) in [6.07, 6.45) is 3.74. The van der Waals surface area contributed by atoms with E-state index in [4.69, 9.17) is 14.2 Å². The van der Waals surface area contributed by atoms with Crippen LogP contribution >= 0.6 is 0 Å². The quantitative estimate of drug-likeness (QED) is 0.673. The van der Waals surface area contributed by atoms with Gasteiger partial charge in [-0.05, 0) is 44.7 Å². The van der Waals surface area contributed by atoms with Crippen LogP contribution in [0.2, 0.25) is 0 Å². The van der Waals surface area contributed by atoms with Crippen molar-refractivity contribution in [1.29, 1.82) is 0 Å². The number of rotatable bonds is 10. The van der Waals surface area contributed by atoms with Crippen LogP contribution in [0.15, 0.2) is 18.2 Å². The van der Waals surface area contributed by atoms with Crippen molar-refractivity contribution >= 4 is 0 Å². The fraction of sp³-hybridized carbons (Fsp3) is 0.647. The van der Waals surface area contributed by atoms with Gasteiger partial charge in [-0.3, -0.25) is 0 Å². The molecule has 1 saturated carbocycles. The van der Waals surface area contributed by atoms with Gasteiger partial charge in [-0.25, -0.2) is 0 Å². The van der Waals surface area contributed by atoms with Crippen molar-refractivity contribution in [3.8, 4) is 11.5 Å². The zero-order valence-corrected chi connectivity index (χ0v) is 13.4. The molecule has 0 saturated heterocycles. The number of hydrogen-bond acceptors (Lipinski definition) is 4. The second-order valence-corrected chi connectivity index (χ2v) is 5.66. The Morgan fingerprint density at radius 2 is 2.05 bits per heavy atom. The van der Waals surface area contributed by atoms with Crippen LogP contribution in [-0.2, 0) is 4.74 Å². The van der Waals surface area contributed by atoms with Gasteiger partial charge in [0, 0.05) is 30.9 Å². The van der Waals surface area contributed by atoms with E-state index in [-0.39, 0.29) is 6.04 Å². The molecule has 1 aliphatic carbocycles. The van der Waals surface area contributed by atoms with Crippen LogP contribution in [0.5, 0.6) is 11.5 Å². The molecule has 0 aliphatic heterocycles. The summed E-state index contributed by atoms with van der Waals surface area (Å²) in [7, 11) is 3.36. The lowest BCUT2D eigenvalue weighted by molar-refractivity contribution is 0.121. The summed E-state index contributed by atoms with van der Waals surface area (Å²) in [5, 5.41) is 3.51. The highest BCUT2D eigenvalue weighted by Crippen LogP contribution is 2.29. The molecule has 1 aromatic carbocycles. The molecule has 118 valence electrons. The summed E-state index contributed by atoms with van der Waals surface area (Å²) in [4.78, 5) is 0. The van der Waals surface area contributed by atoms with Crippen LogP contribution in [0.1, 0.15) is 37.8 Å². The van der Waals surface area contributed by atoms with Crippen molar-refractivity contribution in [3.05, 3.63) is 23.8 Å². The zero-order chi connectivity index (χ0) is 15.1. The van der Waals surface area contributed by atoms with E-state index < -0.39 is 0 Å². The topological polar surface area (TPSA) is 39.7 Å². The normalized spacial score (nSPS) is 15.8. The van der Waals surface area contributed by atoms with Crippen molar-refractivity contribution in [3.63, 3.8) is 0 Å². The number of hydrogen-bond donors (Lipinski definition) is 1. The molecule has 1 aliphatic rings. The molecule has 2 rings (SSSR count). The Morgan fingerprint density at radius 3 is 2.71 bits per heavy atom. The largest absolute Gasteiger partial charge is 0.497 e. The second kappa shape index (κ2) is 8.25. The second-order valence-electron chi connectivity index (χ2n) is 5.66. The van der Waals surface area contributed by atoms with Gasteiger partial charge in [-0.2, -0.15) is 0 Å². The van der Waals surface area contributed by atoms with Crippen LogP contribution in [-0.4, -0.2) is 34.0 Å². The maximum Gasteiger partial charge on any atom is 0.127 e. The Bertz CT molecular complexity index is 432. The van der Waals surface area contributed by atoms with E-state index in [1.54, 1.807) is 14.2 Å². The van der Waals surface area contributed by atoms with Gasteiger partial charge < -0.3 is 19.5 Å². The summed E-state index contributed by atoms with van der Waals surface area (Å²) in [6, 6.07) is 6.19. The van der Waals surface area contributed by atoms with Crippen molar-refractivity contribution in [2.45, 2.75) is 32.2 Å². The van der Waals surface area contributed by atoms with E-state index in [1.165, 1.54) is 12.8 Å². The average Bonchev–Trinajstić information content (AvgIpc) is 3.34. The van der Waals surface area contributed by atoms with E-state index in [1.807, 2.05) is 12.1 Å². The highest BCUT2D eigenvalue weighted by Gasteiger charge is 2.20. The third kappa shape index (κ3) is 5.21. The molecular weight excluding hydrogens is 266 g/mol. The molecule has 1 atom stereocenters. The molecule has 0 bridgehead atoms. The maximum absolute atomic E-state index is 5.64. The molecule has 0 radical (unpaired) electrons. The molecule has 0 spiro atoms. The summed E-state index contributed by atoms with van der Waals surface area (Å²) in [5.41, 5.74) is 1.15. The van der Waals surface area contributed by atoms with Crippen LogP contribution in [0.25, 0.3) is 0 Å². The van der Waals surface area contributed by atoms with E-state index in [9.17, 15) is 0 Å². The molecule has 0 amide bonds. The third-order valence-electron chi connectivity index (χ3n) is 3.87. The fourth-order valence-corrected chi connectivity index (χ4v) is 2.31. The summed E-state index contributed by atoms with van der Waals surface area (Å²) >= 11 is 0. The van der Waals surface area contributed by atoms with Crippen LogP contribution in [0, 0.1) is 5.92 Å². The molecule has 1 fully saturated rings. The molecule has 0 aromatic heterocycles. The fourth-order valence-electron chi connectivity index (χ4n) is 2.31. The third-order valence-corrected chi connectivity index (χ3v) is 3.87. The summed E-state index contributed by atoms with van der Waals surface area (Å²) in [6.45, 7) is 4.88. The number of ether oxygens (including phenoxy) is 3. The van der Waals surface area contributed by atoms with Crippen LogP contribution in [0.3, 0.4) is 0 Å². The average molecular weight is 293 g/mol. The lowest BCUT2D eigenvalue weighted by Crippen LogP contribution is -2.21. The summed E-state index contributed by atoms with van der Waals surface area (Å²) < 4.78 is 16.3. The predicted octanol–water partition coefficient (Wildman–Crippen LogP) is 3.17. The highest BCUT2D eigenvalue weighted by molar-refractivity contribution is 5.42. The van der Waals surface area contributed by atoms with Gasteiger partial charge in [0.15, 0.2) is 0 Å². The maximum atomic E-state index is 5.64. The minimum Gasteiger partial charge on any atom is -0.497 e. The van der Waals surface area contributed by atoms with E-state index in [2.05, 4.69) is 18.3 Å². The van der Waals surface area contributed by atoms with E-state index in [0.29, 0.717) is 0 Å². The minimum absolute atomic E-state index is 0.245. The van der Waals surface area contributed by atoms with Crippen LogP contribution in [0.4, 0.5) is 0 Å². The predicted molar refractivity (Wildman–Crippen MR) is 84.1 cm³/mol. The highest BCUT2D eigenvalue weighted by atomic mass is 16.5. The molecule has 4 heteroatoms. The van der Waals surface area contributed by atoms with Crippen molar-refractivity contribution in [2.75, 3.05) is 34.0 Å². The van der Waals surface area contributed by atoms with Gasteiger partial charge in [0.25, 0.3) is 0 Å². The smallest absolute Gasteiger partial charge is 0.127 e. The number of methoxy groups -OCH3 is 2. The van der Waals surface area contributed by atoms with Gasteiger partial charge in [0.05, 0.1) is 14.2 Å². The van der Waals surface area contributed by atoms with E-state index in [0.717, 1.165) is 49.2 Å². The first kappa shape index (κ1) is 16.1. The van der Waals surface area contributed by atoms with Crippen molar-refractivity contribution < 1.29 is 14.2 Å². The zero-order valence-electron chi connectivity index (χ0n) is 13.4. The Labute approximate surface area is 127 Å². The lowest BCUT2D eigenvalue weighted by atomic mass is 10.1. The molecule has 1 aromatic rings. The van der Waals surface area contributed by atoms with Gasteiger partial charge in [0.1, 0.15) is 11.5 Å². The molecule has 4 nitrogen and oxygen atoms in total. The first-order chi connectivity index (χ1) is 10.2. The van der Waals surface area contributed by atoms with Gasteiger partial charge in [0.2, 0.25) is 0 Å². The Kier molecular flexibility index (Phi) is 6.33.